The molecule has 0 aliphatic carbocycles. The number of hydrogen-bond acceptors (Lipinski definition) is 5. The quantitative estimate of drug-likeness (QED) is 0.838. The van der Waals surface area contributed by atoms with Crippen LogP contribution < -0.4 is 15.8 Å². The van der Waals surface area contributed by atoms with Gasteiger partial charge in [0.25, 0.3) is 5.91 Å². The van der Waals surface area contributed by atoms with Crippen LogP contribution in [-0.2, 0) is 6.42 Å². The Balaban J connectivity index is 1.94. The highest BCUT2D eigenvalue weighted by Gasteiger charge is 2.35. The molecular weight excluding hydrogens is 316 g/mol. The second kappa shape index (κ2) is 6.35. The second-order valence-electron chi connectivity index (χ2n) is 7.09. The van der Waals surface area contributed by atoms with Crippen molar-refractivity contribution < 1.29 is 9.53 Å². The molecule has 1 amide bonds. The van der Waals surface area contributed by atoms with Gasteiger partial charge in [-0.15, -0.1) is 0 Å². The van der Waals surface area contributed by atoms with Gasteiger partial charge in [0.15, 0.2) is 0 Å². The number of nitrogens with zero attached hydrogens (tertiary/aromatic N) is 2. The van der Waals surface area contributed by atoms with Crippen LogP contribution in [-0.4, -0.2) is 21.7 Å². The van der Waals surface area contributed by atoms with Crippen molar-refractivity contribution >= 4 is 11.6 Å². The number of hydrogen-bond donors (Lipinski definition) is 2. The number of carbonyl (C=O) groups is 1. The van der Waals surface area contributed by atoms with E-state index in [4.69, 9.17) is 10.5 Å². The first-order chi connectivity index (χ1) is 11.8. The van der Waals surface area contributed by atoms with Gasteiger partial charge in [-0.25, -0.2) is 0 Å². The molecule has 3 rings (SSSR count). The molecule has 25 heavy (non-hydrogen) atoms. The van der Waals surface area contributed by atoms with E-state index in [1.165, 1.54) is 0 Å². The Labute approximate surface area is 147 Å². The standard InChI is InChI=1S/C19H24N4O2/c1-5-15-14(8-11(2)22-23-15)18(24)21-16-10-19(3,4)25-17-7-6-12(20)9-13(16)17/h6-9,16H,5,10,20H2,1-4H3,(H,21,24). The number of ether oxygens (including phenoxy) is 1. The molecule has 0 fully saturated rings. The van der Waals surface area contributed by atoms with Gasteiger partial charge in [0.1, 0.15) is 11.4 Å². The maximum Gasteiger partial charge on any atom is 0.253 e. The van der Waals surface area contributed by atoms with Crippen LogP contribution in [0.25, 0.3) is 0 Å². The molecule has 0 saturated carbocycles. The Bertz CT molecular complexity index is 817. The molecule has 1 unspecified atom stereocenters. The van der Waals surface area contributed by atoms with Crippen LogP contribution in [0.2, 0.25) is 0 Å². The first-order valence-corrected chi connectivity index (χ1v) is 8.51. The number of anilines is 1. The number of aryl methyl sites for hydroxylation is 2. The van der Waals surface area contributed by atoms with Crippen LogP contribution in [0.5, 0.6) is 5.75 Å². The second-order valence-corrected chi connectivity index (χ2v) is 7.09. The molecular formula is C19H24N4O2. The topological polar surface area (TPSA) is 90.1 Å². The van der Waals surface area contributed by atoms with Gasteiger partial charge in [0.2, 0.25) is 0 Å². The van der Waals surface area contributed by atoms with Crippen LogP contribution in [0.15, 0.2) is 24.3 Å². The number of carbonyl (C=O) groups excluding carboxylic acids is 1. The third-order valence-corrected chi connectivity index (χ3v) is 4.37. The molecule has 2 aromatic rings. The number of benzene rings is 1. The Morgan fingerprint density at radius 3 is 2.84 bits per heavy atom. The van der Waals surface area contributed by atoms with Gasteiger partial charge >= 0.3 is 0 Å². The SMILES string of the molecule is CCc1nnc(C)cc1C(=O)NC1CC(C)(C)Oc2ccc(N)cc21. The summed E-state index contributed by atoms with van der Waals surface area (Å²) in [5, 5.41) is 11.3. The molecule has 0 saturated heterocycles. The molecule has 1 aliphatic heterocycles. The molecule has 6 nitrogen and oxygen atoms in total. The number of fused-ring (bicyclic) bond motifs is 1. The summed E-state index contributed by atoms with van der Waals surface area (Å²) < 4.78 is 6.03. The average Bonchev–Trinajstić information content (AvgIpc) is 2.54. The van der Waals surface area contributed by atoms with Gasteiger partial charge in [0, 0.05) is 17.7 Å². The molecule has 6 heteroatoms. The average molecular weight is 340 g/mol. The fourth-order valence-corrected chi connectivity index (χ4v) is 3.21. The van der Waals surface area contributed by atoms with E-state index in [-0.39, 0.29) is 17.6 Å². The molecule has 1 aromatic heterocycles. The lowest BCUT2D eigenvalue weighted by Gasteiger charge is -2.38. The Hall–Kier alpha value is -2.63. The van der Waals surface area contributed by atoms with Crippen molar-refractivity contribution in [1.82, 2.24) is 15.5 Å². The van der Waals surface area contributed by atoms with E-state index in [0.717, 1.165) is 17.0 Å². The first kappa shape index (κ1) is 17.2. The lowest BCUT2D eigenvalue weighted by Crippen LogP contribution is -2.41. The summed E-state index contributed by atoms with van der Waals surface area (Å²) in [5.74, 6) is 0.612. The van der Waals surface area contributed by atoms with Crippen molar-refractivity contribution in [2.45, 2.75) is 52.2 Å². The third-order valence-electron chi connectivity index (χ3n) is 4.37. The molecule has 3 N–H and O–H groups in total. The van der Waals surface area contributed by atoms with E-state index in [0.29, 0.717) is 29.8 Å². The van der Waals surface area contributed by atoms with Gasteiger partial charge in [-0.3, -0.25) is 4.79 Å². The van der Waals surface area contributed by atoms with E-state index >= 15 is 0 Å². The predicted octanol–water partition coefficient (Wildman–Crippen LogP) is 2.96. The number of nitrogens with one attached hydrogen (secondary N) is 1. The van der Waals surface area contributed by atoms with Crippen molar-refractivity contribution in [1.29, 1.82) is 0 Å². The lowest BCUT2D eigenvalue weighted by molar-refractivity contribution is 0.0619. The first-order valence-electron chi connectivity index (χ1n) is 8.51. The molecule has 2 heterocycles. The fraction of sp³-hybridized carbons (Fsp3) is 0.421. The monoisotopic (exact) mass is 340 g/mol. The zero-order chi connectivity index (χ0) is 18.2. The molecule has 0 radical (unpaired) electrons. The summed E-state index contributed by atoms with van der Waals surface area (Å²) in [5.41, 5.74) is 9.11. The Kier molecular flexibility index (Phi) is 4.37. The normalized spacial score (nSPS) is 18.2. The summed E-state index contributed by atoms with van der Waals surface area (Å²) in [6.07, 6.45) is 1.31. The van der Waals surface area contributed by atoms with Crippen LogP contribution in [0.1, 0.15) is 60.5 Å². The van der Waals surface area contributed by atoms with Crippen LogP contribution >= 0.6 is 0 Å². The Morgan fingerprint density at radius 1 is 1.36 bits per heavy atom. The van der Waals surface area contributed by atoms with E-state index in [2.05, 4.69) is 15.5 Å². The largest absolute Gasteiger partial charge is 0.487 e. The van der Waals surface area contributed by atoms with Crippen molar-refractivity contribution in [2.24, 2.45) is 0 Å². The van der Waals surface area contributed by atoms with Gasteiger partial charge in [-0.1, -0.05) is 6.92 Å². The van der Waals surface area contributed by atoms with Crippen LogP contribution in [0.4, 0.5) is 5.69 Å². The molecule has 1 aliphatic rings. The highest BCUT2D eigenvalue weighted by Crippen LogP contribution is 2.40. The van der Waals surface area contributed by atoms with Crippen molar-refractivity contribution in [2.75, 3.05) is 5.73 Å². The summed E-state index contributed by atoms with van der Waals surface area (Å²) in [7, 11) is 0. The van der Waals surface area contributed by atoms with Crippen molar-refractivity contribution in [3.05, 3.63) is 46.8 Å². The summed E-state index contributed by atoms with van der Waals surface area (Å²) in [6, 6.07) is 7.15. The van der Waals surface area contributed by atoms with E-state index in [9.17, 15) is 4.79 Å². The lowest BCUT2D eigenvalue weighted by atomic mass is 9.89. The molecule has 0 bridgehead atoms. The van der Waals surface area contributed by atoms with Gasteiger partial charge in [0.05, 0.1) is 23.0 Å². The third kappa shape index (κ3) is 3.57. The molecule has 1 aromatic carbocycles. The maximum atomic E-state index is 12.9. The van der Waals surface area contributed by atoms with E-state index in [1.54, 1.807) is 6.07 Å². The zero-order valence-corrected chi connectivity index (χ0v) is 15.1. The Morgan fingerprint density at radius 2 is 2.12 bits per heavy atom. The van der Waals surface area contributed by atoms with Gasteiger partial charge < -0.3 is 15.8 Å². The molecule has 1 atom stereocenters. The maximum absolute atomic E-state index is 12.9. The van der Waals surface area contributed by atoms with Gasteiger partial charge in [-0.05, 0) is 51.5 Å². The number of nitrogens with two attached hydrogens (primary N) is 1. The smallest absolute Gasteiger partial charge is 0.253 e. The fourth-order valence-electron chi connectivity index (χ4n) is 3.21. The summed E-state index contributed by atoms with van der Waals surface area (Å²) in [6.45, 7) is 7.82. The number of aromatic nitrogens is 2. The number of rotatable bonds is 3. The summed E-state index contributed by atoms with van der Waals surface area (Å²) in [4.78, 5) is 12.9. The number of amides is 1. The van der Waals surface area contributed by atoms with Crippen LogP contribution in [0, 0.1) is 6.92 Å². The predicted molar refractivity (Wildman–Crippen MR) is 96.5 cm³/mol. The minimum Gasteiger partial charge on any atom is -0.487 e. The zero-order valence-electron chi connectivity index (χ0n) is 15.1. The number of nitrogen functional groups attached to an aromatic ring is 1. The summed E-state index contributed by atoms with van der Waals surface area (Å²) >= 11 is 0. The minimum absolute atomic E-state index is 0.147. The van der Waals surface area contributed by atoms with Gasteiger partial charge in [-0.2, -0.15) is 10.2 Å². The van der Waals surface area contributed by atoms with Crippen molar-refractivity contribution in [3.8, 4) is 5.75 Å². The van der Waals surface area contributed by atoms with E-state index < -0.39 is 0 Å². The van der Waals surface area contributed by atoms with E-state index in [1.807, 2.05) is 45.9 Å². The minimum atomic E-state index is -0.374. The highest BCUT2D eigenvalue weighted by molar-refractivity contribution is 5.95. The molecule has 0 spiro atoms. The van der Waals surface area contributed by atoms with Crippen molar-refractivity contribution in [3.63, 3.8) is 0 Å². The highest BCUT2D eigenvalue weighted by atomic mass is 16.5. The van der Waals surface area contributed by atoms with Crippen LogP contribution in [0.3, 0.4) is 0 Å². The molecule has 132 valence electrons.